The van der Waals surface area contributed by atoms with E-state index in [1.54, 1.807) is 48.5 Å². The third-order valence-corrected chi connectivity index (χ3v) is 5.98. The van der Waals surface area contributed by atoms with E-state index in [0.717, 1.165) is 15.6 Å². The predicted molar refractivity (Wildman–Crippen MR) is 129 cm³/mol. The van der Waals surface area contributed by atoms with Crippen LogP contribution in [0.4, 0.5) is 5.69 Å². The molecule has 5 rings (SSSR count). The molecule has 0 unspecified atom stereocenters. The lowest BCUT2D eigenvalue weighted by Crippen LogP contribution is -2.10. The zero-order valence-corrected chi connectivity index (χ0v) is 19.3. The fourth-order valence-corrected chi connectivity index (χ4v) is 3.90. The van der Waals surface area contributed by atoms with E-state index in [9.17, 15) is 4.79 Å². The molecule has 5 aromatic rings. The van der Waals surface area contributed by atoms with Crippen LogP contribution in [0.3, 0.4) is 0 Å². The standard InChI is InChI=1S/C24H13BrCl2N2O3/c25-15-3-1-2-14(10-15)24-29-19-12-16(5-7-21(19)32-24)28-23(30)22-9-8-20(31-22)13-4-6-17(26)18(27)11-13/h1-12H,(H,28,30). The second kappa shape index (κ2) is 8.47. The van der Waals surface area contributed by atoms with Crippen molar-refractivity contribution in [2.75, 3.05) is 5.32 Å². The van der Waals surface area contributed by atoms with Crippen LogP contribution in [0.2, 0.25) is 10.0 Å². The van der Waals surface area contributed by atoms with Gasteiger partial charge in [-0.2, -0.15) is 0 Å². The Hall–Kier alpha value is -3.06. The van der Waals surface area contributed by atoms with Crippen LogP contribution in [0.15, 0.2) is 86.1 Å². The Morgan fingerprint density at radius 3 is 2.56 bits per heavy atom. The average molecular weight is 528 g/mol. The van der Waals surface area contributed by atoms with Gasteiger partial charge in [0, 0.05) is 21.3 Å². The molecule has 0 spiro atoms. The number of anilines is 1. The average Bonchev–Trinajstić information content (AvgIpc) is 3.43. The van der Waals surface area contributed by atoms with Gasteiger partial charge in [0.05, 0.1) is 10.0 Å². The molecule has 1 N–H and O–H groups in total. The van der Waals surface area contributed by atoms with Crippen molar-refractivity contribution in [1.29, 1.82) is 0 Å². The molecule has 0 bridgehead atoms. The molecule has 0 aliphatic heterocycles. The molecular weight excluding hydrogens is 515 g/mol. The van der Waals surface area contributed by atoms with Gasteiger partial charge < -0.3 is 14.2 Å². The Morgan fingerprint density at radius 2 is 1.75 bits per heavy atom. The summed E-state index contributed by atoms with van der Waals surface area (Å²) in [5.74, 6) is 0.800. The molecule has 0 fully saturated rings. The van der Waals surface area contributed by atoms with Gasteiger partial charge in [0.1, 0.15) is 11.3 Å². The van der Waals surface area contributed by atoms with Crippen LogP contribution in [-0.2, 0) is 0 Å². The van der Waals surface area contributed by atoms with Gasteiger partial charge in [-0.05, 0) is 66.7 Å². The van der Waals surface area contributed by atoms with Crippen molar-refractivity contribution in [2.45, 2.75) is 0 Å². The van der Waals surface area contributed by atoms with Crippen molar-refractivity contribution in [3.63, 3.8) is 0 Å². The summed E-state index contributed by atoms with van der Waals surface area (Å²) in [6.07, 6.45) is 0. The van der Waals surface area contributed by atoms with Gasteiger partial charge in [0.25, 0.3) is 5.91 Å². The van der Waals surface area contributed by atoms with E-state index in [1.807, 2.05) is 24.3 Å². The number of hydrogen-bond acceptors (Lipinski definition) is 4. The number of amides is 1. The first kappa shape index (κ1) is 20.8. The normalized spacial score (nSPS) is 11.1. The van der Waals surface area contributed by atoms with Gasteiger partial charge in [0.2, 0.25) is 5.89 Å². The fraction of sp³-hybridized carbons (Fsp3) is 0. The third kappa shape index (κ3) is 4.17. The smallest absolute Gasteiger partial charge is 0.291 e. The number of fused-ring (bicyclic) bond motifs is 1. The van der Waals surface area contributed by atoms with Crippen molar-refractivity contribution in [2.24, 2.45) is 0 Å². The van der Waals surface area contributed by atoms with Crippen molar-refractivity contribution in [1.82, 2.24) is 4.98 Å². The van der Waals surface area contributed by atoms with Crippen LogP contribution in [0.1, 0.15) is 10.6 Å². The Kier molecular flexibility index (Phi) is 5.51. The molecule has 2 heterocycles. The summed E-state index contributed by atoms with van der Waals surface area (Å²) in [5, 5.41) is 3.69. The summed E-state index contributed by atoms with van der Waals surface area (Å²) in [7, 11) is 0. The van der Waals surface area contributed by atoms with Gasteiger partial charge in [-0.3, -0.25) is 4.79 Å². The highest BCUT2D eigenvalue weighted by molar-refractivity contribution is 9.10. The summed E-state index contributed by atoms with van der Waals surface area (Å²) in [5.41, 5.74) is 3.41. The number of rotatable bonds is 4. The van der Waals surface area contributed by atoms with Gasteiger partial charge in [-0.1, -0.05) is 45.2 Å². The summed E-state index contributed by atoms with van der Waals surface area (Å²) >= 11 is 15.5. The zero-order valence-electron chi connectivity index (χ0n) is 16.2. The highest BCUT2D eigenvalue weighted by Gasteiger charge is 2.15. The fourth-order valence-electron chi connectivity index (χ4n) is 3.21. The maximum atomic E-state index is 12.7. The lowest BCUT2D eigenvalue weighted by molar-refractivity contribution is 0.0997. The molecule has 32 heavy (non-hydrogen) atoms. The first-order chi connectivity index (χ1) is 15.5. The molecule has 3 aromatic carbocycles. The van der Waals surface area contributed by atoms with E-state index in [4.69, 9.17) is 32.0 Å². The van der Waals surface area contributed by atoms with Crippen LogP contribution in [0.5, 0.6) is 0 Å². The molecule has 1 amide bonds. The molecule has 5 nitrogen and oxygen atoms in total. The maximum Gasteiger partial charge on any atom is 0.291 e. The third-order valence-electron chi connectivity index (χ3n) is 4.75. The van der Waals surface area contributed by atoms with Gasteiger partial charge in [-0.15, -0.1) is 0 Å². The molecule has 0 atom stereocenters. The largest absolute Gasteiger partial charge is 0.451 e. The van der Waals surface area contributed by atoms with Crippen LogP contribution >= 0.6 is 39.1 Å². The molecule has 0 radical (unpaired) electrons. The number of hydrogen-bond donors (Lipinski definition) is 1. The Bertz CT molecular complexity index is 1480. The number of aromatic nitrogens is 1. The van der Waals surface area contributed by atoms with E-state index in [2.05, 4.69) is 26.2 Å². The second-order valence-electron chi connectivity index (χ2n) is 6.96. The maximum absolute atomic E-state index is 12.7. The lowest BCUT2D eigenvalue weighted by atomic mass is 10.2. The number of furan rings is 1. The molecule has 2 aromatic heterocycles. The van der Waals surface area contributed by atoms with Crippen LogP contribution in [0, 0.1) is 0 Å². The molecule has 0 saturated carbocycles. The minimum absolute atomic E-state index is 0.168. The van der Waals surface area contributed by atoms with Crippen LogP contribution in [-0.4, -0.2) is 10.9 Å². The number of nitrogens with one attached hydrogen (secondary N) is 1. The summed E-state index contributed by atoms with van der Waals surface area (Å²) in [6, 6.07) is 21.4. The highest BCUT2D eigenvalue weighted by atomic mass is 79.9. The highest BCUT2D eigenvalue weighted by Crippen LogP contribution is 2.31. The van der Waals surface area contributed by atoms with E-state index in [0.29, 0.717) is 38.5 Å². The number of benzene rings is 3. The molecule has 8 heteroatoms. The number of carbonyl (C=O) groups is 1. The first-order valence-electron chi connectivity index (χ1n) is 9.49. The number of oxazole rings is 1. The monoisotopic (exact) mass is 526 g/mol. The zero-order chi connectivity index (χ0) is 22.2. The second-order valence-corrected chi connectivity index (χ2v) is 8.69. The van der Waals surface area contributed by atoms with Crippen molar-refractivity contribution < 1.29 is 13.6 Å². The molecule has 0 aliphatic carbocycles. The SMILES string of the molecule is O=C(Nc1ccc2oc(-c3cccc(Br)c3)nc2c1)c1ccc(-c2ccc(Cl)c(Cl)c2)o1. The summed E-state index contributed by atoms with van der Waals surface area (Å²) < 4.78 is 12.5. The summed E-state index contributed by atoms with van der Waals surface area (Å²) in [4.78, 5) is 17.2. The van der Waals surface area contributed by atoms with Crippen molar-refractivity contribution >= 4 is 61.8 Å². The molecule has 158 valence electrons. The first-order valence-corrected chi connectivity index (χ1v) is 11.0. The topological polar surface area (TPSA) is 68.3 Å². The molecular formula is C24H13BrCl2N2O3. The Balaban J connectivity index is 1.37. The minimum Gasteiger partial charge on any atom is -0.451 e. The number of halogens is 3. The number of carbonyl (C=O) groups excluding carboxylic acids is 1. The van der Waals surface area contributed by atoms with Crippen LogP contribution < -0.4 is 5.32 Å². The van der Waals surface area contributed by atoms with Gasteiger partial charge in [0.15, 0.2) is 11.3 Å². The minimum atomic E-state index is -0.383. The van der Waals surface area contributed by atoms with E-state index >= 15 is 0 Å². The Labute approximate surface area is 201 Å². The van der Waals surface area contributed by atoms with Gasteiger partial charge >= 0.3 is 0 Å². The quantitative estimate of drug-likeness (QED) is 0.256. The predicted octanol–water partition coefficient (Wildman–Crippen LogP) is 8.08. The van der Waals surface area contributed by atoms with E-state index in [-0.39, 0.29) is 11.7 Å². The van der Waals surface area contributed by atoms with Gasteiger partial charge in [-0.25, -0.2) is 4.98 Å². The molecule has 0 aliphatic rings. The van der Waals surface area contributed by atoms with E-state index in [1.165, 1.54) is 0 Å². The Morgan fingerprint density at radius 1 is 0.875 bits per heavy atom. The lowest BCUT2D eigenvalue weighted by Gasteiger charge is -2.03. The molecule has 0 saturated heterocycles. The van der Waals surface area contributed by atoms with E-state index < -0.39 is 0 Å². The van der Waals surface area contributed by atoms with Crippen LogP contribution in [0.25, 0.3) is 33.9 Å². The number of nitrogens with zero attached hydrogens (tertiary/aromatic N) is 1. The van der Waals surface area contributed by atoms with Crippen molar-refractivity contribution in [3.8, 4) is 22.8 Å². The van der Waals surface area contributed by atoms with Crippen molar-refractivity contribution in [3.05, 3.63) is 93.1 Å². The summed E-state index contributed by atoms with van der Waals surface area (Å²) in [6.45, 7) is 0.